The minimum atomic E-state index is -0.845. The van der Waals surface area contributed by atoms with Crippen molar-refractivity contribution in [1.82, 2.24) is 25.5 Å². The van der Waals surface area contributed by atoms with Crippen molar-refractivity contribution in [3.05, 3.63) is 53.9 Å². The van der Waals surface area contributed by atoms with Gasteiger partial charge in [-0.3, -0.25) is 20.3 Å². The molecular weight excluding hydrogens is 412 g/mol. The molecule has 6 N–H and O–H groups in total. The van der Waals surface area contributed by atoms with Crippen LogP contribution in [0.25, 0.3) is 0 Å². The lowest BCUT2D eigenvalue weighted by atomic mass is 10.1. The summed E-state index contributed by atoms with van der Waals surface area (Å²) in [6.45, 7) is 2.08. The van der Waals surface area contributed by atoms with Gasteiger partial charge in [-0.15, -0.1) is 0 Å². The van der Waals surface area contributed by atoms with Crippen molar-refractivity contribution in [2.24, 2.45) is 5.73 Å². The number of aromatic nitrogens is 2. The number of aliphatic hydroxyl groups is 1. The van der Waals surface area contributed by atoms with Crippen molar-refractivity contribution in [3.63, 3.8) is 0 Å². The first-order valence-electron chi connectivity index (χ1n) is 10.3. The molecule has 1 aromatic heterocycles. The van der Waals surface area contributed by atoms with E-state index in [2.05, 4.69) is 20.6 Å². The zero-order valence-electron chi connectivity index (χ0n) is 17.7. The molecule has 2 heterocycles. The van der Waals surface area contributed by atoms with E-state index in [1.54, 1.807) is 47.6 Å². The second kappa shape index (κ2) is 11.2. The van der Waals surface area contributed by atoms with Crippen molar-refractivity contribution in [2.45, 2.75) is 12.6 Å². The third-order valence-corrected chi connectivity index (χ3v) is 5.20. The molecule has 3 rings (SSSR count). The number of nitrogens with zero attached hydrogens (tertiary/aromatic N) is 4. The smallest absolute Gasteiger partial charge is 0.242 e. The molecule has 1 aromatic carbocycles. The van der Waals surface area contributed by atoms with Gasteiger partial charge in [0, 0.05) is 50.7 Å². The summed E-state index contributed by atoms with van der Waals surface area (Å²) in [7, 11) is 0. The highest BCUT2D eigenvalue weighted by molar-refractivity contribution is 5.94. The number of hydrogen-bond donors (Lipinski definition) is 5. The molecule has 170 valence electrons. The molecular formula is C21H28N8O3. The number of amides is 2. The topological polar surface area (TPSA) is 161 Å². The second-order valence-corrected chi connectivity index (χ2v) is 7.36. The predicted molar refractivity (Wildman–Crippen MR) is 119 cm³/mol. The van der Waals surface area contributed by atoms with Crippen LogP contribution in [0, 0.1) is 5.41 Å². The zero-order valence-corrected chi connectivity index (χ0v) is 17.7. The van der Waals surface area contributed by atoms with E-state index in [1.807, 2.05) is 4.90 Å². The van der Waals surface area contributed by atoms with E-state index >= 15 is 0 Å². The molecule has 1 aliphatic heterocycles. The average molecular weight is 441 g/mol. The number of amidine groups is 1. The summed E-state index contributed by atoms with van der Waals surface area (Å²) in [6, 6.07) is 7.93. The zero-order chi connectivity index (χ0) is 22.9. The predicted octanol–water partition coefficient (Wildman–Crippen LogP) is -1.32. The van der Waals surface area contributed by atoms with Gasteiger partial charge in [-0.25, -0.2) is 9.97 Å². The minimum absolute atomic E-state index is 0.0170. The highest BCUT2D eigenvalue weighted by atomic mass is 16.3. The number of nitrogens with two attached hydrogens (primary N) is 1. The molecule has 1 saturated heterocycles. The van der Waals surface area contributed by atoms with Gasteiger partial charge in [0.15, 0.2) is 0 Å². The van der Waals surface area contributed by atoms with E-state index in [0.29, 0.717) is 44.2 Å². The van der Waals surface area contributed by atoms with Crippen molar-refractivity contribution >= 4 is 23.6 Å². The highest BCUT2D eigenvalue weighted by Crippen LogP contribution is 2.09. The van der Waals surface area contributed by atoms with Crippen LogP contribution in [-0.2, 0) is 16.1 Å². The molecule has 1 unspecified atom stereocenters. The number of rotatable bonds is 9. The van der Waals surface area contributed by atoms with Crippen LogP contribution >= 0.6 is 0 Å². The lowest BCUT2D eigenvalue weighted by Gasteiger charge is -2.34. The second-order valence-electron chi connectivity index (χ2n) is 7.36. The summed E-state index contributed by atoms with van der Waals surface area (Å²) in [4.78, 5) is 37.0. The number of anilines is 1. The van der Waals surface area contributed by atoms with Gasteiger partial charge >= 0.3 is 0 Å². The Morgan fingerprint density at radius 2 is 1.78 bits per heavy atom. The minimum Gasteiger partial charge on any atom is -0.394 e. The van der Waals surface area contributed by atoms with Crippen LogP contribution in [0.1, 0.15) is 11.1 Å². The molecule has 0 spiro atoms. The maximum absolute atomic E-state index is 12.5. The van der Waals surface area contributed by atoms with E-state index in [0.717, 1.165) is 5.56 Å². The van der Waals surface area contributed by atoms with Gasteiger partial charge in [0.25, 0.3) is 0 Å². The molecule has 1 fully saturated rings. The SMILES string of the molecule is N=C(N)c1ccc(CNC(CO)C(=O)NCC(=O)N2CCN(c3ncccn3)CC2)cc1. The molecule has 1 atom stereocenters. The molecule has 32 heavy (non-hydrogen) atoms. The highest BCUT2D eigenvalue weighted by Gasteiger charge is 2.24. The van der Waals surface area contributed by atoms with Crippen molar-refractivity contribution in [3.8, 4) is 0 Å². The Bertz CT molecular complexity index is 914. The van der Waals surface area contributed by atoms with E-state index in [4.69, 9.17) is 11.1 Å². The van der Waals surface area contributed by atoms with Crippen LogP contribution in [0.15, 0.2) is 42.7 Å². The molecule has 2 amide bonds. The van der Waals surface area contributed by atoms with Gasteiger partial charge in [0.1, 0.15) is 11.9 Å². The molecule has 0 radical (unpaired) electrons. The standard InChI is InChI=1S/C21H28N8O3/c22-19(23)16-4-2-15(3-5-16)12-26-17(14-30)20(32)27-13-18(31)28-8-10-29(11-9-28)21-24-6-1-7-25-21/h1-7,17,26,30H,8-14H2,(H3,22,23)(H,27,32). The van der Waals surface area contributed by atoms with Crippen LogP contribution < -0.4 is 21.3 Å². The lowest BCUT2D eigenvalue weighted by molar-refractivity contribution is -0.133. The van der Waals surface area contributed by atoms with Gasteiger partial charge in [-0.1, -0.05) is 24.3 Å². The monoisotopic (exact) mass is 440 g/mol. The fourth-order valence-corrected chi connectivity index (χ4v) is 3.29. The molecule has 2 aromatic rings. The van der Waals surface area contributed by atoms with Gasteiger partial charge in [-0.2, -0.15) is 0 Å². The molecule has 11 heteroatoms. The maximum atomic E-state index is 12.5. The molecule has 11 nitrogen and oxygen atoms in total. The normalized spacial score (nSPS) is 14.7. The van der Waals surface area contributed by atoms with Crippen LogP contribution in [0.5, 0.6) is 0 Å². The van der Waals surface area contributed by atoms with Crippen LogP contribution in [-0.4, -0.2) is 83.0 Å². The fourth-order valence-electron chi connectivity index (χ4n) is 3.29. The van der Waals surface area contributed by atoms with Gasteiger partial charge in [0.05, 0.1) is 13.2 Å². The number of nitrogen functional groups attached to an aromatic ring is 1. The largest absolute Gasteiger partial charge is 0.394 e. The number of benzene rings is 1. The van der Waals surface area contributed by atoms with E-state index < -0.39 is 18.6 Å². The number of aliphatic hydroxyl groups excluding tert-OH is 1. The first-order chi connectivity index (χ1) is 15.5. The Morgan fingerprint density at radius 3 is 2.38 bits per heavy atom. The van der Waals surface area contributed by atoms with Crippen LogP contribution in [0.2, 0.25) is 0 Å². The number of nitrogens with one attached hydrogen (secondary N) is 3. The number of carbonyl (C=O) groups is 2. The third-order valence-electron chi connectivity index (χ3n) is 5.20. The lowest BCUT2D eigenvalue weighted by Crippen LogP contribution is -2.53. The molecule has 1 aliphatic rings. The summed E-state index contributed by atoms with van der Waals surface area (Å²) in [5.74, 6) is -0.00156. The fraction of sp³-hybridized carbons (Fsp3) is 0.381. The summed E-state index contributed by atoms with van der Waals surface area (Å²) in [5.41, 5.74) is 6.92. The summed E-state index contributed by atoms with van der Waals surface area (Å²) < 4.78 is 0. The molecule has 0 saturated carbocycles. The van der Waals surface area contributed by atoms with E-state index in [9.17, 15) is 14.7 Å². The Hall–Kier alpha value is -3.57. The first kappa shape index (κ1) is 23.1. The summed E-state index contributed by atoms with van der Waals surface area (Å²) in [6.07, 6.45) is 3.37. The average Bonchev–Trinajstić information content (AvgIpc) is 2.83. The third kappa shape index (κ3) is 6.22. The Morgan fingerprint density at radius 1 is 1.12 bits per heavy atom. The van der Waals surface area contributed by atoms with E-state index in [1.165, 1.54) is 0 Å². The van der Waals surface area contributed by atoms with Crippen LogP contribution in [0.3, 0.4) is 0 Å². The van der Waals surface area contributed by atoms with Gasteiger partial charge in [-0.05, 0) is 11.6 Å². The molecule has 0 aliphatic carbocycles. The Balaban J connectivity index is 1.41. The first-order valence-corrected chi connectivity index (χ1v) is 10.3. The number of piperazine rings is 1. The quantitative estimate of drug-likeness (QED) is 0.237. The Kier molecular flexibility index (Phi) is 8.06. The van der Waals surface area contributed by atoms with E-state index in [-0.39, 0.29) is 18.3 Å². The maximum Gasteiger partial charge on any atom is 0.242 e. The summed E-state index contributed by atoms with van der Waals surface area (Å²) in [5, 5.41) is 22.5. The Labute approximate surface area is 186 Å². The van der Waals surface area contributed by atoms with Gasteiger partial charge < -0.3 is 26.0 Å². The molecule has 0 bridgehead atoms. The van der Waals surface area contributed by atoms with Crippen molar-refractivity contribution in [1.29, 1.82) is 5.41 Å². The van der Waals surface area contributed by atoms with Crippen molar-refractivity contribution < 1.29 is 14.7 Å². The summed E-state index contributed by atoms with van der Waals surface area (Å²) >= 11 is 0. The van der Waals surface area contributed by atoms with Crippen LogP contribution in [0.4, 0.5) is 5.95 Å². The van der Waals surface area contributed by atoms with Crippen molar-refractivity contribution in [2.75, 3.05) is 44.2 Å². The number of hydrogen-bond acceptors (Lipinski definition) is 8. The number of carbonyl (C=O) groups excluding carboxylic acids is 2. The van der Waals surface area contributed by atoms with Gasteiger partial charge in [0.2, 0.25) is 17.8 Å².